The maximum atomic E-state index is 5.94. The minimum absolute atomic E-state index is 0.334. The number of anilines is 1. The van der Waals surface area contributed by atoms with Crippen LogP contribution in [0.25, 0.3) is 0 Å². The number of methoxy groups -OCH3 is 1. The van der Waals surface area contributed by atoms with Gasteiger partial charge in [-0.15, -0.1) is 0 Å². The SMILES string of the molecule is COCc1nc(Cl)cc(NCc2cn(C)nc2C)n1. The third kappa shape index (κ3) is 3.65. The first kappa shape index (κ1) is 13.8. The van der Waals surface area contributed by atoms with Crippen molar-refractivity contribution in [2.24, 2.45) is 7.05 Å². The Balaban J connectivity index is 2.08. The van der Waals surface area contributed by atoms with Crippen LogP contribution in [-0.2, 0) is 24.9 Å². The van der Waals surface area contributed by atoms with Crippen LogP contribution in [0.3, 0.4) is 0 Å². The van der Waals surface area contributed by atoms with E-state index < -0.39 is 0 Å². The maximum Gasteiger partial charge on any atom is 0.158 e. The van der Waals surface area contributed by atoms with Crippen molar-refractivity contribution in [3.05, 3.63) is 34.5 Å². The lowest BCUT2D eigenvalue weighted by atomic mass is 10.2. The molecule has 0 saturated heterocycles. The van der Waals surface area contributed by atoms with E-state index in [0.29, 0.717) is 29.9 Å². The maximum absolute atomic E-state index is 5.94. The molecule has 0 amide bonds. The van der Waals surface area contributed by atoms with E-state index in [0.717, 1.165) is 11.3 Å². The van der Waals surface area contributed by atoms with Crippen molar-refractivity contribution >= 4 is 17.4 Å². The van der Waals surface area contributed by atoms with Crippen molar-refractivity contribution in [1.29, 1.82) is 0 Å². The molecule has 2 aromatic heterocycles. The Morgan fingerprint density at radius 1 is 1.42 bits per heavy atom. The van der Waals surface area contributed by atoms with E-state index in [1.165, 1.54) is 0 Å². The zero-order valence-electron chi connectivity index (χ0n) is 11.1. The van der Waals surface area contributed by atoms with Gasteiger partial charge in [-0.25, -0.2) is 9.97 Å². The Kier molecular flexibility index (Phi) is 4.34. The summed E-state index contributed by atoms with van der Waals surface area (Å²) < 4.78 is 6.79. The van der Waals surface area contributed by atoms with E-state index >= 15 is 0 Å². The summed E-state index contributed by atoms with van der Waals surface area (Å²) in [4.78, 5) is 8.39. The Morgan fingerprint density at radius 2 is 2.21 bits per heavy atom. The van der Waals surface area contributed by atoms with Gasteiger partial charge in [0.1, 0.15) is 17.6 Å². The van der Waals surface area contributed by atoms with Gasteiger partial charge in [0.25, 0.3) is 0 Å². The van der Waals surface area contributed by atoms with Gasteiger partial charge in [-0.3, -0.25) is 4.68 Å². The summed E-state index contributed by atoms with van der Waals surface area (Å²) in [5.41, 5.74) is 2.11. The summed E-state index contributed by atoms with van der Waals surface area (Å²) in [5.74, 6) is 1.23. The molecule has 2 heterocycles. The van der Waals surface area contributed by atoms with Crippen LogP contribution in [0.5, 0.6) is 0 Å². The number of nitrogens with zero attached hydrogens (tertiary/aromatic N) is 4. The van der Waals surface area contributed by atoms with Crippen molar-refractivity contribution in [2.75, 3.05) is 12.4 Å². The van der Waals surface area contributed by atoms with Gasteiger partial charge in [0.05, 0.1) is 5.69 Å². The lowest BCUT2D eigenvalue weighted by Gasteiger charge is -2.07. The van der Waals surface area contributed by atoms with Crippen molar-refractivity contribution in [1.82, 2.24) is 19.7 Å². The van der Waals surface area contributed by atoms with Crippen molar-refractivity contribution < 1.29 is 4.74 Å². The average molecular weight is 282 g/mol. The minimum Gasteiger partial charge on any atom is -0.377 e. The van der Waals surface area contributed by atoms with Crippen LogP contribution in [0.4, 0.5) is 5.82 Å². The second-order valence-corrected chi connectivity index (χ2v) is 4.58. The molecule has 0 aromatic carbocycles. The lowest BCUT2D eigenvalue weighted by molar-refractivity contribution is 0.178. The number of aryl methyl sites for hydroxylation is 2. The monoisotopic (exact) mass is 281 g/mol. The van der Waals surface area contributed by atoms with Gasteiger partial charge in [-0.1, -0.05) is 11.6 Å². The molecule has 0 aliphatic carbocycles. The van der Waals surface area contributed by atoms with Crippen LogP contribution in [0.1, 0.15) is 17.1 Å². The fraction of sp³-hybridized carbons (Fsp3) is 0.417. The first-order chi connectivity index (χ1) is 9.08. The van der Waals surface area contributed by atoms with Crippen LogP contribution in [-0.4, -0.2) is 26.9 Å². The van der Waals surface area contributed by atoms with Crippen LogP contribution >= 0.6 is 11.6 Å². The Bertz CT molecular complexity index is 569. The van der Waals surface area contributed by atoms with E-state index in [1.807, 2.05) is 20.2 Å². The first-order valence-electron chi connectivity index (χ1n) is 5.84. The predicted octanol–water partition coefficient (Wildman–Crippen LogP) is 1.93. The molecule has 1 N–H and O–H groups in total. The number of rotatable bonds is 5. The normalized spacial score (nSPS) is 10.7. The van der Waals surface area contributed by atoms with Gasteiger partial charge in [0.2, 0.25) is 0 Å². The van der Waals surface area contributed by atoms with Gasteiger partial charge in [-0.05, 0) is 6.92 Å². The number of aromatic nitrogens is 4. The highest BCUT2D eigenvalue weighted by molar-refractivity contribution is 6.29. The van der Waals surface area contributed by atoms with Gasteiger partial charge in [-0.2, -0.15) is 5.10 Å². The van der Waals surface area contributed by atoms with E-state index in [-0.39, 0.29) is 0 Å². The standard InChI is InChI=1S/C12H16ClN5O/c1-8-9(6-18(2)17-8)5-14-11-4-10(13)15-12(16-11)7-19-3/h4,6H,5,7H2,1-3H3,(H,14,15,16). The Labute approximate surface area is 116 Å². The highest BCUT2D eigenvalue weighted by Crippen LogP contribution is 2.14. The molecule has 0 spiro atoms. The second-order valence-electron chi connectivity index (χ2n) is 4.19. The fourth-order valence-electron chi connectivity index (χ4n) is 1.76. The molecule has 0 aliphatic heterocycles. The topological polar surface area (TPSA) is 64.9 Å². The Hall–Kier alpha value is -1.66. The van der Waals surface area contributed by atoms with Crippen molar-refractivity contribution in [3.8, 4) is 0 Å². The van der Waals surface area contributed by atoms with E-state index in [2.05, 4.69) is 20.4 Å². The molecule has 0 fully saturated rings. The third-order valence-corrected chi connectivity index (χ3v) is 2.78. The van der Waals surface area contributed by atoms with E-state index in [9.17, 15) is 0 Å². The summed E-state index contributed by atoms with van der Waals surface area (Å²) in [7, 11) is 3.49. The number of nitrogens with one attached hydrogen (secondary N) is 1. The second kappa shape index (κ2) is 5.99. The quantitative estimate of drug-likeness (QED) is 0.849. The number of hydrogen-bond acceptors (Lipinski definition) is 5. The summed E-state index contributed by atoms with van der Waals surface area (Å²) in [6.45, 7) is 2.95. The molecule has 0 saturated carbocycles. The third-order valence-electron chi connectivity index (χ3n) is 2.59. The lowest BCUT2D eigenvalue weighted by Crippen LogP contribution is -2.05. The highest BCUT2D eigenvalue weighted by Gasteiger charge is 2.06. The molecule has 0 atom stereocenters. The number of hydrogen-bond donors (Lipinski definition) is 1. The highest BCUT2D eigenvalue weighted by atomic mass is 35.5. The molecular weight excluding hydrogens is 266 g/mol. The molecule has 2 rings (SSSR count). The summed E-state index contributed by atoms with van der Waals surface area (Å²) >= 11 is 5.94. The average Bonchev–Trinajstić information content (AvgIpc) is 2.65. The molecule has 6 nitrogen and oxygen atoms in total. The molecule has 0 unspecified atom stereocenters. The van der Waals surface area contributed by atoms with Crippen LogP contribution in [0.2, 0.25) is 5.15 Å². The summed E-state index contributed by atoms with van der Waals surface area (Å²) in [6, 6.07) is 1.69. The fourth-order valence-corrected chi connectivity index (χ4v) is 1.96. The van der Waals surface area contributed by atoms with Crippen LogP contribution in [0.15, 0.2) is 12.3 Å². The molecule has 19 heavy (non-hydrogen) atoms. The van der Waals surface area contributed by atoms with E-state index in [1.54, 1.807) is 17.9 Å². The Morgan fingerprint density at radius 3 is 2.84 bits per heavy atom. The zero-order valence-corrected chi connectivity index (χ0v) is 11.9. The number of halogens is 1. The van der Waals surface area contributed by atoms with Crippen molar-refractivity contribution in [2.45, 2.75) is 20.1 Å². The minimum atomic E-state index is 0.334. The zero-order chi connectivity index (χ0) is 13.8. The summed E-state index contributed by atoms with van der Waals surface area (Å²) in [6.07, 6.45) is 1.97. The molecule has 102 valence electrons. The predicted molar refractivity (Wildman–Crippen MR) is 73.0 cm³/mol. The largest absolute Gasteiger partial charge is 0.377 e. The molecule has 0 radical (unpaired) electrons. The molecule has 2 aromatic rings. The van der Waals surface area contributed by atoms with Gasteiger partial charge < -0.3 is 10.1 Å². The smallest absolute Gasteiger partial charge is 0.158 e. The van der Waals surface area contributed by atoms with Crippen molar-refractivity contribution in [3.63, 3.8) is 0 Å². The van der Waals surface area contributed by atoms with Crippen LogP contribution in [0, 0.1) is 6.92 Å². The van der Waals surface area contributed by atoms with Gasteiger partial charge in [0, 0.05) is 38.5 Å². The van der Waals surface area contributed by atoms with Gasteiger partial charge >= 0.3 is 0 Å². The number of ether oxygens (including phenoxy) is 1. The summed E-state index contributed by atoms with van der Waals surface area (Å²) in [5, 5.41) is 7.89. The molecule has 0 bridgehead atoms. The molecule has 0 aliphatic rings. The molecule has 7 heteroatoms. The van der Waals surface area contributed by atoms with Crippen LogP contribution < -0.4 is 5.32 Å². The van der Waals surface area contributed by atoms with E-state index in [4.69, 9.17) is 16.3 Å². The van der Waals surface area contributed by atoms with Gasteiger partial charge in [0.15, 0.2) is 5.82 Å². The molecular formula is C12H16ClN5O. The first-order valence-corrected chi connectivity index (χ1v) is 6.21.